The lowest BCUT2D eigenvalue weighted by Crippen LogP contribution is -2.30. The average molecular weight is 580 g/mol. The van der Waals surface area contributed by atoms with Gasteiger partial charge in [0.05, 0.1) is 22.8 Å². The standard InChI is InChI=1S/C18H13Cl2F6N5O2S2/c1-34(32,33)30(9-10-2-4-11(21)5-3-10)17-15(8-27)29-31(18(17)28)16-13(19)6-12(7-14(16)20)35(22,23,24,25)26/h2-7H,9,28H2,1H3. The van der Waals surface area contributed by atoms with Crippen molar-refractivity contribution in [2.45, 2.75) is 11.4 Å². The zero-order valence-electron chi connectivity index (χ0n) is 17.2. The molecule has 0 amide bonds. The highest BCUT2D eigenvalue weighted by molar-refractivity contribution is 8.45. The fourth-order valence-corrected chi connectivity index (χ4v) is 5.35. The Morgan fingerprint density at radius 1 is 1.11 bits per heavy atom. The van der Waals surface area contributed by atoms with Gasteiger partial charge in [-0.1, -0.05) is 54.8 Å². The SMILES string of the molecule is CS(=O)(=O)N(Cc1ccc(F)cc1)c1c(C#N)nn(-c2c(Cl)cc(S(F)(F)(F)(F)F)cc2Cl)c1N. The summed E-state index contributed by atoms with van der Waals surface area (Å²) in [6.07, 6.45) is 0.776. The average Bonchev–Trinajstić information content (AvgIpc) is 3.00. The summed E-state index contributed by atoms with van der Waals surface area (Å²) in [5, 5.41) is 11.4. The van der Waals surface area contributed by atoms with Gasteiger partial charge in [-0.25, -0.2) is 17.5 Å². The van der Waals surface area contributed by atoms with E-state index in [0.717, 1.165) is 18.4 Å². The number of nitrogens with two attached hydrogens (primary N) is 1. The molecule has 3 aromatic rings. The number of aromatic nitrogens is 2. The van der Waals surface area contributed by atoms with Crippen molar-refractivity contribution in [3.63, 3.8) is 0 Å². The molecule has 0 fully saturated rings. The minimum atomic E-state index is -10.2. The molecule has 3 rings (SSSR count). The molecule has 0 aliphatic carbocycles. The fourth-order valence-electron chi connectivity index (χ4n) is 3.00. The van der Waals surface area contributed by atoms with Gasteiger partial charge in [0.25, 0.3) is 0 Å². The molecule has 0 aliphatic heterocycles. The van der Waals surface area contributed by atoms with Crippen molar-refractivity contribution in [1.82, 2.24) is 9.78 Å². The van der Waals surface area contributed by atoms with Gasteiger partial charge in [-0.3, -0.25) is 4.31 Å². The highest BCUT2D eigenvalue weighted by atomic mass is 35.5. The van der Waals surface area contributed by atoms with Crippen LogP contribution >= 0.6 is 33.4 Å². The molecule has 0 saturated carbocycles. The summed E-state index contributed by atoms with van der Waals surface area (Å²) in [5.41, 5.74) is 4.60. The smallest absolute Gasteiger partial charge is 0.310 e. The van der Waals surface area contributed by atoms with E-state index in [2.05, 4.69) is 5.10 Å². The van der Waals surface area contributed by atoms with Crippen molar-refractivity contribution in [2.24, 2.45) is 0 Å². The third-order valence-corrected chi connectivity index (χ3v) is 7.35. The summed E-state index contributed by atoms with van der Waals surface area (Å²) in [6.45, 7) is -0.436. The predicted molar refractivity (Wildman–Crippen MR) is 122 cm³/mol. The Hall–Kier alpha value is -2.80. The van der Waals surface area contributed by atoms with E-state index in [1.165, 1.54) is 12.1 Å². The van der Waals surface area contributed by atoms with Crippen LogP contribution in [-0.2, 0) is 16.6 Å². The van der Waals surface area contributed by atoms with Crippen LogP contribution in [0.25, 0.3) is 5.69 Å². The Morgan fingerprint density at radius 3 is 2.06 bits per heavy atom. The minimum Gasteiger partial charge on any atom is -0.382 e. The Labute approximate surface area is 205 Å². The first-order valence-corrected chi connectivity index (χ1v) is 13.5. The topological polar surface area (TPSA) is 105 Å². The summed E-state index contributed by atoms with van der Waals surface area (Å²) >= 11 is 11.6. The number of anilines is 2. The zero-order chi connectivity index (χ0) is 26.6. The van der Waals surface area contributed by atoms with E-state index < -0.39 is 70.4 Å². The number of sulfonamides is 1. The molecule has 190 valence electrons. The molecule has 2 N–H and O–H groups in total. The van der Waals surface area contributed by atoms with Crippen molar-refractivity contribution in [2.75, 3.05) is 16.3 Å². The van der Waals surface area contributed by atoms with E-state index in [0.29, 0.717) is 8.99 Å². The molecule has 0 unspecified atom stereocenters. The predicted octanol–water partition coefficient (Wildman–Crippen LogP) is 6.40. The maximum absolute atomic E-state index is 13.2. The second-order valence-corrected chi connectivity index (χ2v) is 12.3. The molecule has 1 aromatic heterocycles. The lowest BCUT2D eigenvalue weighted by atomic mass is 10.2. The third-order valence-electron chi connectivity index (χ3n) is 4.54. The van der Waals surface area contributed by atoms with Gasteiger partial charge in [-0.15, -0.1) is 0 Å². The largest absolute Gasteiger partial charge is 0.382 e. The molecular weight excluding hydrogens is 567 g/mol. The van der Waals surface area contributed by atoms with Gasteiger partial charge >= 0.3 is 10.2 Å². The summed E-state index contributed by atoms with van der Waals surface area (Å²) in [5.74, 6) is -1.19. The van der Waals surface area contributed by atoms with E-state index in [9.17, 15) is 37.5 Å². The lowest BCUT2D eigenvalue weighted by molar-refractivity contribution is 0.364. The molecule has 0 spiro atoms. The molecule has 0 radical (unpaired) electrons. The Balaban J connectivity index is 2.24. The fraction of sp³-hybridized carbons (Fsp3) is 0.111. The highest BCUT2D eigenvalue weighted by Crippen LogP contribution is 3.02. The van der Waals surface area contributed by atoms with Crippen LogP contribution in [0, 0.1) is 17.1 Å². The van der Waals surface area contributed by atoms with Crippen molar-refractivity contribution < 1.29 is 32.2 Å². The van der Waals surface area contributed by atoms with E-state index in [1.54, 1.807) is 6.07 Å². The molecule has 2 aromatic carbocycles. The number of rotatable bonds is 6. The molecule has 35 heavy (non-hydrogen) atoms. The van der Waals surface area contributed by atoms with Gasteiger partial charge in [-0.2, -0.15) is 10.4 Å². The molecule has 0 aliphatic rings. The quantitative estimate of drug-likeness (QED) is 0.340. The van der Waals surface area contributed by atoms with Crippen LogP contribution in [0.4, 0.5) is 35.3 Å². The van der Waals surface area contributed by atoms with Crippen LogP contribution in [0.15, 0.2) is 41.3 Å². The van der Waals surface area contributed by atoms with Crippen LogP contribution in [0.5, 0.6) is 0 Å². The normalized spacial score (nSPS) is 14.2. The first-order valence-electron chi connectivity index (χ1n) is 8.97. The zero-order valence-corrected chi connectivity index (χ0v) is 20.3. The van der Waals surface area contributed by atoms with Gasteiger partial charge in [0.1, 0.15) is 28.2 Å². The second kappa shape index (κ2) is 7.85. The first-order chi connectivity index (χ1) is 15.7. The maximum atomic E-state index is 13.2. The molecule has 0 bridgehead atoms. The van der Waals surface area contributed by atoms with Crippen molar-refractivity contribution >= 4 is 55.0 Å². The first kappa shape index (κ1) is 26.8. The number of halogens is 8. The molecule has 7 nitrogen and oxygen atoms in total. The molecule has 0 atom stereocenters. The van der Waals surface area contributed by atoms with Crippen molar-refractivity contribution in [3.05, 3.63) is 63.5 Å². The Morgan fingerprint density at radius 2 is 1.63 bits per heavy atom. The lowest BCUT2D eigenvalue weighted by Gasteiger charge is -2.40. The van der Waals surface area contributed by atoms with Crippen molar-refractivity contribution in [3.8, 4) is 11.8 Å². The summed E-state index contributed by atoms with van der Waals surface area (Å²) < 4.78 is 106. The van der Waals surface area contributed by atoms with Crippen LogP contribution in [0.1, 0.15) is 11.3 Å². The maximum Gasteiger partial charge on any atom is 0.310 e. The number of nitrogens with zero attached hydrogens (tertiary/aromatic N) is 4. The van der Waals surface area contributed by atoms with Gasteiger partial charge in [0, 0.05) is 0 Å². The monoisotopic (exact) mass is 579 g/mol. The van der Waals surface area contributed by atoms with E-state index in [1.807, 2.05) is 0 Å². The summed E-state index contributed by atoms with van der Waals surface area (Å²) in [6, 6.07) is 6.11. The number of nitriles is 1. The van der Waals surface area contributed by atoms with E-state index >= 15 is 0 Å². The highest BCUT2D eigenvalue weighted by Gasteiger charge is 2.65. The molecular formula is C18H13Cl2F6N5O2S2. The van der Waals surface area contributed by atoms with Crippen LogP contribution in [0.2, 0.25) is 10.0 Å². The third kappa shape index (κ3) is 5.56. The van der Waals surface area contributed by atoms with Gasteiger partial charge < -0.3 is 5.73 Å². The minimum absolute atomic E-state index is 0.0794. The molecule has 1 heterocycles. The summed E-state index contributed by atoms with van der Waals surface area (Å²) in [4.78, 5) is -2.37. The molecule has 0 saturated heterocycles. The van der Waals surface area contributed by atoms with Gasteiger partial charge in [0.2, 0.25) is 10.0 Å². The van der Waals surface area contributed by atoms with Crippen molar-refractivity contribution in [1.29, 1.82) is 5.26 Å². The van der Waals surface area contributed by atoms with Crippen LogP contribution in [-0.4, -0.2) is 24.5 Å². The number of hydrogen-bond donors (Lipinski definition) is 1. The van der Waals surface area contributed by atoms with E-state index in [-0.39, 0.29) is 17.7 Å². The molecule has 17 heteroatoms. The Kier molecular flexibility index (Phi) is 6.01. The number of hydrogen-bond acceptors (Lipinski definition) is 5. The van der Waals surface area contributed by atoms with Crippen LogP contribution in [0.3, 0.4) is 0 Å². The number of benzene rings is 2. The van der Waals surface area contributed by atoms with Gasteiger partial charge in [-0.05, 0) is 29.8 Å². The summed E-state index contributed by atoms with van der Waals surface area (Å²) in [7, 11) is -14.3. The van der Waals surface area contributed by atoms with Gasteiger partial charge in [0.15, 0.2) is 11.5 Å². The van der Waals surface area contributed by atoms with E-state index in [4.69, 9.17) is 28.9 Å². The second-order valence-electron chi connectivity index (χ2n) is 7.21. The number of nitrogen functional groups attached to an aromatic ring is 1. The van der Waals surface area contributed by atoms with Crippen LogP contribution < -0.4 is 10.0 Å². The Bertz CT molecular complexity index is 1470.